The highest BCUT2D eigenvalue weighted by molar-refractivity contribution is 9.10. The van der Waals surface area contributed by atoms with Crippen LogP contribution in [-0.2, 0) is 12.0 Å². The van der Waals surface area contributed by atoms with Gasteiger partial charge in [-0.1, -0.05) is 44.0 Å². The van der Waals surface area contributed by atoms with E-state index in [1.165, 1.54) is 0 Å². The number of methoxy groups -OCH3 is 1. The summed E-state index contributed by atoms with van der Waals surface area (Å²) in [5.74, 6) is 0.787. The summed E-state index contributed by atoms with van der Waals surface area (Å²) in [5, 5.41) is 10.7. The predicted octanol–water partition coefficient (Wildman–Crippen LogP) is 4.67. The molecule has 2 aromatic carbocycles. The molecule has 0 aliphatic carbocycles. The third-order valence-corrected chi connectivity index (χ3v) is 4.56. The van der Waals surface area contributed by atoms with Gasteiger partial charge in [0.2, 0.25) is 0 Å². The normalized spacial score (nSPS) is 13.8. The van der Waals surface area contributed by atoms with Gasteiger partial charge in [-0.15, -0.1) is 0 Å². The molecule has 2 nitrogen and oxygen atoms in total. The van der Waals surface area contributed by atoms with Crippen LogP contribution in [0.5, 0.6) is 5.75 Å². The van der Waals surface area contributed by atoms with E-state index in [0.717, 1.165) is 25.8 Å². The lowest BCUT2D eigenvalue weighted by atomic mass is 9.89. The Morgan fingerprint density at radius 2 is 1.75 bits per heavy atom. The van der Waals surface area contributed by atoms with Crippen molar-refractivity contribution in [2.45, 2.75) is 18.9 Å². The predicted molar refractivity (Wildman–Crippen MR) is 88.1 cm³/mol. The topological polar surface area (TPSA) is 29.5 Å². The Labute approximate surface area is 136 Å². The molecule has 0 aromatic heterocycles. The summed E-state index contributed by atoms with van der Waals surface area (Å²) < 4.78 is 7.20. The lowest BCUT2D eigenvalue weighted by molar-refractivity contribution is 0.0574. The first-order valence-electron chi connectivity index (χ1n) is 6.23. The van der Waals surface area contributed by atoms with E-state index in [1.54, 1.807) is 7.11 Å². The molecule has 0 amide bonds. The third-order valence-electron chi connectivity index (χ3n) is 3.25. The van der Waals surface area contributed by atoms with Crippen molar-refractivity contribution in [1.82, 2.24) is 0 Å². The largest absolute Gasteiger partial charge is 0.497 e. The van der Waals surface area contributed by atoms with Crippen molar-refractivity contribution in [1.29, 1.82) is 0 Å². The quantitative estimate of drug-likeness (QED) is 0.809. The zero-order valence-electron chi connectivity index (χ0n) is 11.4. The Balaban J connectivity index is 2.29. The first-order chi connectivity index (χ1) is 9.42. The van der Waals surface area contributed by atoms with Gasteiger partial charge in [-0.2, -0.15) is 0 Å². The standard InChI is InChI=1S/C16H16Br2O2/c1-16(19,12-3-5-13(17)6-4-12)10-11-9-14(20-2)7-8-15(11)18/h3-9,19H,10H2,1-2H3. The van der Waals surface area contributed by atoms with E-state index in [-0.39, 0.29) is 0 Å². The Hall–Kier alpha value is -0.840. The van der Waals surface area contributed by atoms with Gasteiger partial charge in [0, 0.05) is 15.4 Å². The van der Waals surface area contributed by atoms with Crippen molar-refractivity contribution in [2.75, 3.05) is 7.11 Å². The van der Waals surface area contributed by atoms with Gasteiger partial charge >= 0.3 is 0 Å². The molecule has 2 aromatic rings. The Morgan fingerprint density at radius 1 is 1.10 bits per heavy atom. The molecular weight excluding hydrogens is 384 g/mol. The van der Waals surface area contributed by atoms with E-state index in [4.69, 9.17) is 4.74 Å². The number of aliphatic hydroxyl groups is 1. The van der Waals surface area contributed by atoms with Crippen molar-refractivity contribution in [3.8, 4) is 5.75 Å². The average molecular weight is 400 g/mol. The van der Waals surface area contributed by atoms with Crippen LogP contribution < -0.4 is 4.74 Å². The lowest BCUT2D eigenvalue weighted by Crippen LogP contribution is -2.24. The zero-order valence-corrected chi connectivity index (χ0v) is 14.5. The van der Waals surface area contributed by atoms with Gasteiger partial charge in [0.15, 0.2) is 0 Å². The Bertz CT molecular complexity index is 592. The van der Waals surface area contributed by atoms with Gasteiger partial charge in [-0.25, -0.2) is 0 Å². The zero-order chi connectivity index (χ0) is 14.8. The second-order valence-corrected chi connectivity index (χ2v) is 6.68. The summed E-state index contributed by atoms with van der Waals surface area (Å²) in [7, 11) is 1.64. The molecule has 1 atom stereocenters. The lowest BCUT2D eigenvalue weighted by Gasteiger charge is -2.25. The molecule has 4 heteroatoms. The van der Waals surface area contributed by atoms with Crippen LogP contribution in [0.4, 0.5) is 0 Å². The van der Waals surface area contributed by atoms with E-state index in [9.17, 15) is 5.11 Å². The number of benzene rings is 2. The van der Waals surface area contributed by atoms with E-state index in [0.29, 0.717) is 6.42 Å². The van der Waals surface area contributed by atoms with Crippen LogP contribution in [0.3, 0.4) is 0 Å². The van der Waals surface area contributed by atoms with Crippen molar-refractivity contribution in [3.05, 3.63) is 62.5 Å². The van der Waals surface area contributed by atoms with Crippen LogP contribution in [0.2, 0.25) is 0 Å². The molecule has 1 N–H and O–H groups in total. The first kappa shape index (κ1) is 15.5. The summed E-state index contributed by atoms with van der Waals surface area (Å²) in [6.45, 7) is 1.82. The van der Waals surface area contributed by atoms with Gasteiger partial charge in [0.25, 0.3) is 0 Å². The molecule has 2 rings (SSSR count). The maximum atomic E-state index is 10.7. The molecule has 20 heavy (non-hydrogen) atoms. The van der Waals surface area contributed by atoms with E-state index < -0.39 is 5.60 Å². The maximum Gasteiger partial charge on any atom is 0.119 e. The van der Waals surface area contributed by atoms with Gasteiger partial charge in [-0.05, 0) is 48.4 Å². The summed E-state index contributed by atoms with van der Waals surface area (Å²) in [4.78, 5) is 0. The molecule has 0 fully saturated rings. The SMILES string of the molecule is COc1ccc(Br)c(CC(C)(O)c2ccc(Br)cc2)c1. The Morgan fingerprint density at radius 3 is 2.35 bits per heavy atom. The second-order valence-electron chi connectivity index (χ2n) is 4.91. The number of hydrogen-bond acceptors (Lipinski definition) is 2. The molecule has 0 spiro atoms. The van der Waals surface area contributed by atoms with Gasteiger partial charge in [0.1, 0.15) is 5.75 Å². The molecular formula is C16H16Br2O2. The van der Waals surface area contributed by atoms with E-state index in [1.807, 2.05) is 49.4 Å². The fourth-order valence-corrected chi connectivity index (χ4v) is 2.75. The molecule has 0 aliphatic rings. The first-order valence-corrected chi connectivity index (χ1v) is 7.82. The fraction of sp³-hybridized carbons (Fsp3) is 0.250. The number of rotatable bonds is 4. The van der Waals surface area contributed by atoms with Crippen LogP contribution in [0.25, 0.3) is 0 Å². The molecule has 0 heterocycles. The number of hydrogen-bond donors (Lipinski definition) is 1. The molecule has 0 saturated carbocycles. The van der Waals surface area contributed by atoms with E-state index >= 15 is 0 Å². The highest BCUT2D eigenvalue weighted by Gasteiger charge is 2.24. The number of halogens is 2. The van der Waals surface area contributed by atoms with Gasteiger partial charge in [-0.3, -0.25) is 0 Å². The van der Waals surface area contributed by atoms with Crippen molar-refractivity contribution in [3.63, 3.8) is 0 Å². The molecule has 0 radical (unpaired) electrons. The summed E-state index contributed by atoms with van der Waals surface area (Å²) in [5.41, 5.74) is 0.961. The third kappa shape index (κ3) is 3.62. The maximum absolute atomic E-state index is 10.7. The molecule has 1 unspecified atom stereocenters. The van der Waals surface area contributed by atoms with E-state index in [2.05, 4.69) is 31.9 Å². The average Bonchev–Trinajstić information content (AvgIpc) is 2.41. The molecule has 106 valence electrons. The summed E-state index contributed by atoms with van der Waals surface area (Å²) in [6.07, 6.45) is 0.506. The highest BCUT2D eigenvalue weighted by atomic mass is 79.9. The molecule has 0 saturated heterocycles. The Kier molecular flexibility index (Phi) is 4.89. The number of ether oxygens (including phenoxy) is 1. The molecule has 0 bridgehead atoms. The van der Waals surface area contributed by atoms with Gasteiger partial charge in [0.05, 0.1) is 12.7 Å². The minimum Gasteiger partial charge on any atom is -0.497 e. The van der Waals surface area contributed by atoms with Crippen molar-refractivity contribution in [2.24, 2.45) is 0 Å². The summed E-state index contributed by atoms with van der Waals surface area (Å²) >= 11 is 6.93. The smallest absolute Gasteiger partial charge is 0.119 e. The minimum absolute atomic E-state index is 0.506. The van der Waals surface area contributed by atoms with Crippen LogP contribution in [0.1, 0.15) is 18.1 Å². The monoisotopic (exact) mass is 398 g/mol. The highest BCUT2D eigenvalue weighted by Crippen LogP contribution is 2.31. The van der Waals surface area contributed by atoms with Crippen LogP contribution in [0.15, 0.2) is 51.4 Å². The van der Waals surface area contributed by atoms with Crippen LogP contribution >= 0.6 is 31.9 Å². The molecule has 0 aliphatic heterocycles. The minimum atomic E-state index is -0.935. The van der Waals surface area contributed by atoms with Crippen LogP contribution in [-0.4, -0.2) is 12.2 Å². The van der Waals surface area contributed by atoms with Gasteiger partial charge < -0.3 is 9.84 Å². The fourth-order valence-electron chi connectivity index (χ4n) is 2.10. The van der Waals surface area contributed by atoms with Crippen molar-refractivity contribution >= 4 is 31.9 Å². The van der Waals surface area contributed by atoms with Crippen LogP contribution in [0, 0.1) is 0 Å². The van der Waals surface area contributed by atoms with Crippen molar-refractivity contribution < 1.29 is 9.84 Å². The summed E-state index contributed by atoms with van der Waals surface area (Å²) in [6, 6.07) is 13.5. The second kappa shape index (κ2) is 6.29.